The Kier molecular flexibility index (Phi) is 6.71. The van der Waals surface area contributed by atoms with E-state index in [1.807, 2.05) is 55.5 Å². The van der Waals surface area contributed by atoms with E-state index in [1.54, 1.807) is 11.0 Å². The highest BCUT2D eigenvalue weighted by atomic mass is 35.5. The molecule has 5 nitrogen and oxygen atoms in total. The third-order valence-corrected chi connectivity index (χ3v) is 4.83. The van der Waals surface area contributed by atoms with Crippen molar-refractivity contribution in [3.8, 4) is 0 Å². The molecule has 0 spiro atoms. The Morgan fingerprint density at radius 3 is 2.54 bits per heavy atom. The van der Waals surface area contributed by atoms with Gasteiger partial charge in [-0.2, -0.15) is 0 Å². The smallest absolute Gasteiger partial charge is 0.331 e. The lowest BCUT2D eigenvalue weighted by atomic mass is 10.1. The number of hydrogen-bond acceptors (Lipinski definition) is 4. The van der Waals surface area contributed by atoms with Crippen LogP contribution in [0.3, 0.4) is 0 Å². The molecule has 6 heteroatoms. The van der Waals surface area contributed by atoms with Crippen molar-refractivity contribution < 1.29 is 14.3 Å². The third kappa shape index (κ3) is 5.60. The molecular formula is C22H23ClN2O3. The quantitative estimate of drug-likeness (QED) is 0.571. The Balaban J connectivity index is 1.43. The topological polar surface area (TPSA) is 49.9 Å². The van der Waals surface area contributed by atoms with Crippen molar-refractivity contribution in [2.24, 2.45) is 0 Å². The molecule has 0 atom stereocenters. The number of carbonyl (C=O) groups is 2. The summed E-state index contributed by atoms with van der Waals surface area (Å²) in [6.07, 6.45) is 3.03. The molecular weight excluding hydrogens is 376 g/mol. The minimum absolute atomic E-state index is 0.178. The summed E-state index contributed by atoms with van der Waals surface area (Å²) in [5, 5.41) is 0.696. The van der Waals surface area contributed by atoms with E-state index in [1.165, 1.54) is 6.08 Å². The molecule has 146 valence electrons. The number of amides is 1. The van der Waals surface area contributed by atoms with Crippen LogP contribution in [0.1, 0.15) is 11.1 Å². The number of anilines is 1. The highest BCUT2D eigenvalue weighted by molar-refractivity contribution is 6.30. The predicted molar refractivity (Wildman–Crippen MR) is 111 cm³/mol. The summed E-state index contributed by atoms with van der Waals surface area (Å²) in [6.45, 7) is 4.35. The summed E-state index contributed by atoms with van der Waals surface area (Å²) in [6, 6.07) is 15.5. The Morgan fingerprint density at radius 2 is 1.82 bits per heavy atom. The van der Waals surface area contributed by atoms with Gasteiger partial charge in [-0.1, -0.05) is 47.5 Å². The van der Waals surface area contributed by atoms with Crippen molar-refractivity contribution in [1.82, 2.24) is 4.90 Å². The van der Waals surface area contributed by atoms with Crippen LogP contribution in [-0.2, 0) is 14.3 Å². The number of hydrogen-bond donors (Lipinski definition) is 0. The third-order valence-electron chi connectivity index (χ3n) is 4.60. The maximum Gasteiger partial charge on any atom is 0.331 e. The maximum absolute atomic E-state index is 12.3. The van der Waals surface area contributed by atoms with Gasteiger partial charge in [-0.3, -0.25) is 4.79 Å². The van der Waals surface area contributed by atoms with Crippen LogP contribution in [0.5, 0.6) is 0 Å². The fourth-order valence-corrected chi connectivity index (χ4v) is 3.28. The van der Waals surface area contributed by atoms with Crippen LogP contribution >= 0.6 is 11.6 Å². The van der Waals surface area contributed by atoms with E-state index in [0.717, 1.165) is 16.8 Å². The molecule has 1 amide bonds. The highest BCUT2D eigenvalue weighted by Crippen LogP contribution is 2.20. The zero-order chi connectivity index (χ0) is 19.9. The number of piperazine rings is 1. The van der Waals surface area contributed by atoms with E-state index >= 15 is 0 Å². The number of carbonyl (C=O) groups excluding carboxylic acids is 2. The van der Waals surface area contributed by atoms with Crippen molar-refractivity contribution in [3.05, 3.63) is 70.8 Å². The van der Waals surface area contributed by atoms with Gasteiger partial charge in [0.25, 0.3) is 5.91 Å². The molecule has 0 N–H and O–H groups in total. The molecule has 0 aliphatic carbocycles. The molecule has 2 aromatic rings. The van der Waals surface area contributed by atoms with Crippen molar-refractivity contribution in [3.63, 3.8) is 0 Å². The monoisotopic (exact) mass is 398 g/mol. The van der Waals surface area contributed by atoms with Gasteiger partial charge in [0.15, 0.2) is 6.61 Å². The second-order valence-corrected chi connectivity index (χ2v) is 7.14. The number of rotatable bonds is 5. The van der Waals surface area contributed by atoms with Crippen molar-refractivity contribution in [2.45, 2.75) is 6.92 Å². The molecule has 1 aliphatic rings. The minimum atomic E-state index is -0.521. The van der Waals surface area contributed by atoms with Crippen LogP contribution in [0.2, 0.25) is 5.02 Å². The van der Waals surface area contributed by atoms with Crippen LogP contribution in [0.4, 0.5) is 5.69 Å². The fourth-order valence-electron chi connectivity index (χ4n) is 3.10. The molecule has 2 aromatic carbocycles. The number of benzene rings is 2. The van der Waals surface area contributed by atoms with Gasteiger partial charge in [-0.05, 0) is 36.8 Å². The second kappa shape index (κ2) is 9.42. The van der Waals surface area contributed by atoms with Gasteiger partial charge in [0.1, 0.15) is 0 Å². The SMILES string of the molecule is Cc1cccc(/C=C/C(=O)OCC(=O)N2CCN(c3cccc(Cl)c3)CC2)c1. The zero-order valence-electron chi connectivity index (χ0n) is 15.8. The van der Waals surface area contributed by atoms with Gasteiger partial charge >= 0.3 is 5.97 Å². The summed E-state index contributed by atoms with van der Waals surface area (Å²) >= 11 is 6.04. The lowest BCUT2D eigenvalue weighted by Crippen LogP contribution is -2.49. The molecule has 0 saturated carbocycles. The summed E-state index contributed by atoms with van der Waals surface area (Å²) in [5.41, 5.74) is 3.08. The molecule has 1 heterocycles. The zero-order valence-corrected chi connectivity index (χ0v) is 16.6. The van der Waals surface area contributed by atoms with E-state index in [2.05, 4.69) is 4.90 Å². The summed E-state index contributed by atoms with van der Waals surface area (Å²) in [4.78, 5) is 28.1. The van der Waals surface area contributed by atoms with Gasteiger partial charge in [0.2, 0.25) is 0 Å². The van der Waals surface area contributed by atoms with Gasteiger partial charge in [0, 0.05) is 43.0 Å². The number of esters is 1. The maximum atomic E-state index is 12.3. The first-order valence-electron chi connectivity index (χ1n) is 9.21. The average molecular weight is 399 g/mol. The van der Waals surface area contributed by atoms with Gasteiger partial charge in [-0.25, -0.2) is 4.79 Å². The first-order chi connectivity index (χ1) is 13.5. The molecule has 0 radical (unpaired) electrons. The lowest BCUT2D eigenvalue weighted by Gasteiger charge is -2.36. The van der Waals surface area contributed by atoms with E-state index in [0.29, 0.717) is 31.2 Å². The standard InChI is InChI=1S/C22H23ClN2O3/c1-17-4-2-5-18(14-17)8-9-22(27)28-16-21(26)25-12-10-24(11-13-25)20-7-3-6-19(23)15-20/h2-9,14-15H,10-13,16H2,1H3/b9-8+. The van der Waals surface area contributed by atoms with Crippen LogP contribution in [0, 0.1) is 6.92 Å². The molecule has 1 fully saturated rings. The molecule has 0 unspecified atom stereocenters. The Hall–Kier alpha value is -2.79. The molecule has 3 rings (SSSR count). The molecule has 0 aromatic heterocycles. The van der Waals surface area contributed by atoms with Crippen molar-refractivity contribution in [1.29, 1.82) is 0 Å². The fraction of sp³-hybridized carbons (Fsp3) is 0.273. The van der Waals surface area contributed by atoms with Crippen LogP contribution in [0.25, 0.3) is 6.08 Å². The minimum Gasteiger partial charge on any atom is -0.452 e. The molecule has 1 aliphatic heterocycles. The Morgan fingerprint density at radius 1 is 1.07 bits per heavy atom. The average Bonchev–Trinajstić information content (AvgIpc) is 2.70. The molecule has 1 saturated heterocycles. The van der Waals surface area contributed by atoms with Crippen LogP contribution in [0.15, 0.2) is 54.6 Å². The number of halogens is 1. The predicted octanol–water partition coefficient (Wildman–Crippen LogP) is 3.55. The summed E-state index contributed by atoms with van der Waals surface area (Å²) in [7, 11) is 0. The highest BCUT2D eigenvalue weighted by Gasteiger charge is 2.22. The van der Waals surface area contributed by atoms with E-state index in [4.69, 9.17) is 16.3 Å². The van der Waals surface area contributed by atoms with Crippen LogP contribution < -0.4 is 4.90 Å². The Bertz CT molecular complexity index is 874. The van der Waals surface area contributed by atoms with Crippen molar-refractivity contribution in [2.75, 3.05) is 37.7 Å². The largest absolute Gasteiger partial charge is 0.452 e. The molecule has 28 heavy (non-hydrogen) atoms. The van der Waals surface area contributed by atoms with Crippen LogP contribution in [-0.4, -0.2) is 49.6 Å². The van der Waals surface area contributed by atoms with Gasteiger partial charge in [-0.15, -0.1) is 0 Å². The van der Waals surface area contributed by atoms with Crippen molar-refractivity contribution >= 4 is 35.2 Å². The summed E-state index contributed by atoms with van der Waals surface area (Å²) in [5.74, 6) is -0.699. The van der Waals surface area contributed by atoms with E-state index in [9.17, 15) is 9.59 Å². The van der Waals surface area contributed by atoms with Gasteiger partial charge < -0.3 is 14.5 Å². The lowest BCUT2D eigenvalue weighted by molar-refractivity contribution is -0.148. The normalized spacial score (nSPS) is 14.4. The first-order valence-corrected chi connectivity index (χ1v) is 9.59. The Labute approximate surface area is 170 Å². The first kappa shape index (κ1) is 20.0. The summed E-state index contributed by atoms with van der Waals surface area (Å²) < 4.78 is 5.09. The number of nitrogens with zero attached hydrogens (tertiary/aromatic N) is 2. The number of aryl methyl sites for hydroxylation is 1. The van der Waals surface area contributed by atoms with E-state index in [-0.39, 0.29) is 12.5 Å². The second-order valence-electron chi connectivity index (χ2n) is 6.70. The van der Waals surface area contributed by atoms with E-state index < -0.39 is 5.97 Å². The van der Waals surface area contributed by atoms with Gasteiger partial charge in [0.05, 0.1) is 0 Å². The number of ether oxygens (including phenoxy) is 1. The molecule has 0 bridgehead atoms.